The van der Waals surface area contributed by atoms with E-state index in [1.807, 2.05) is 7.05 Å². The average Bonchev–Trinajstić information content (AvgIpc) is 2.33. The fourth-order valence-electron chi connectivity index (χ4n) is 2.40. The van der Waals surface area contributed by atoms with Crippen LogP contribution in [0.4, 0.5) is 0 Å². The summed E-state index contributed by atoms with van der Waals surface area (Å²) in [6.07, 6.45) is 0. The van der Waals surface area contributed by atoms with E-state index in [1.54, 1.807) is 0 Å². The number of halogens is 1. The van der Waals surface area contributed by atoms with Crippen LogP contribution in [-0.2, 0) is 0 Å². The Morgan fingerprint density at radius 3 is 2.24 bits per heavy atom. The number of hydrogen-bond donors (Lipinski definition) is 1. The normalized spacial score (nSPS) is 13.2. The SMILES string of the molecule is CNC(c1ccc(Br)c2ccccc12)C(C)C. The summed E-state index contributed by atoms with van der Waals surface area (Å²) in [7, 11) is 2.03. The topological polar surface area (TPSA) is 12.0 Å². The van der Waals surface area contributed by atoms with Crippen molar-refractivity contribution in [2.45, 2.75) is 19.9 Å². The molecule has 2 rings (SSSR count). The van der Waals surface area contributed by atoms with Crippen molar-refractivity contribution < 1.29 is 0 Å². The van der Waals surface area contributed by atoms with Gasteiger partial charge in [0.1, 0.15) is 0 Å². The molecule has 2 aromatic rings. The number of nitrogens with one attached hydrogen (secondary N) is 1. The van der Waals surface area contributed by atoms with Gasteiger partial charge >= 0.3 is 0 Å². The van der Waals surface area contributed by atoms with Crippen LogP contribution in [0.2, 0.25) is 0 Å². The Bertz CT molecular complexity index is 519. The van der Waals surface area contributed by atoms with Gasteiger partial charge in [0.15, 0.2) is 0 Å². The second-order valence-electron chi connectivity index (χ2n) is 4.69. The van der Waals surface area contributed by atoms with E-state index in [0.29, 0.717) is 12.0 Å². The molecule has 0 bridgehead atoms. The molecule has 2 heteroatoms. The van der Waals surface area contributed by atoms with Crippen molar-refractivity contribution in [3.63, 3.8) is 0 Å². The summed E-state index contributed by atoms with van der Waals surface area (Å²) < 4.78 is 1.16. The average molecular weight is 292 g/mol. The maximum Gasteiger partial charge on any atom is 0.0347 e. The van der Waals surface area contributed by atoms with E-state index >= 15 is 0 Å². The Labute approximate surface area is 111 Å². The fourth-order valence-corrected chi connectivity index (χ4v) is 2.88. The van der Waals surface area contributed by atoms with Gasteiger partial charge in [0, 0.05) is 10.5 Å². The van der Waals surface area contributed by atoms with E-state index in [1.165, 1.54) is 16.3 Å². The van der Waals surface area contributed by atoms with Crippen LogP contribution in [0.5, 0.6) is 0 Å². The van der Waals surface area contributed by atoms with Gasteiger partial charge in [-0.1, -0.05) is 60.1 Å². The maximum atomic E-state index is 3.62. The molecular weight excluding hydrogens is 274 g/mol. The Hall–Kier alpha value is -0.860. The first-order valence-corrected chi connectivity index (χ1v) is 6.79. The zero-order valence-corrected chi connectivity index (χ0v) is 12.1. The molecule has 0 saturated heterocycles. The van der Waals surface area contributed by atoms with E-state index in [0.717, 1.165) is 4.47 Å². The van der Waals surface area contributed by atoms with Crippen LogP contribution in [0.3, 0.4) is 0 Å². The third kappa shape index (κ3) is 2.38. The van der Waals surface area contributed by atoms with Crippen molar-refractivity contribution in [1.82, 2.24) is 5.32 Å². The highest BCUT2D eigenvalue weighted by molar-refractivity contribution is 9.10. The third-order valence-corrected chi connectivity index (χ3v) is 3.91. The van der Waals surface area contributed by atoms with Gasteiger partial charge in [-0.3, -0.25) is 0 Å². The molecule has 17 heavy (non-hydrogen) atoms. The van der Waals surface area contributed by atoms with Crippen molar-refractivity contribution in [2.24, 2.45) is 5.92 Å². The predicted molar refractivity (Wildman–Crippen MR) is 78.3 cm³/mol. The maximum absolute atomic E-state index is 3.62. The standard InChI is InChI=1S/C15H18BrN/c1-10(2)15(17-3)13-8-9-14(16)12-7-5-4-6-11(12)13/h4-10,15,17H,1-3H3. The Balaban J connectivity index is 2.66. The summed E-state index contributed by atoms with van der Waals surface area (Å²) >= 11 is 3.62. The highest BCUT2D eigenvalue weighted by Crippen LogP contribution is 2.32. The number of rotatable bonds is 3. The van der Waals surface area contributed by atoms with E-state index in [-0.39, 0.29) is 0 Å². The molecule has 1 atom stereocenters. The van der Waals surface area contributed by atoms with Crippen molar-refractivity contribution in [3.05, 3.63) is 46.4 Å². The molecule has 0 amide bonds. The van der Waals surface area contributed by atoms with Crippen LogP contribution in [0.25, 0.3) is 10.8 Å². The van der Waals surface area contributed by atoms with Crippen molar-refractivity contribution in [1.29, 1.82) is 0 Å². The minimum Gasteiger partial charge on any atom is -0.313 e. The largest absolute Gasteiger partial charge is 0.313 e. The Morgan fingerprint density at radius 1 is 1.00 bits per heavy atom. The van der Waals surface area contributed by atoms with Gasteiger partial charge in [-0.05, 0) is 35.4 Å². The quantitative estimate of drug-likeness (QED) is 0.877. The lowest BCUT2D eigenvalue weighted by Crippen LogP contribution is -2.21. The van der Waals surface area contributed by atoms with Gasteiger partial charge in [-0.2, -0.15) is 0 Å². The van der Waals surface area contributed by atoms with Gasteiger partial charge in [0.25, 0.3) is 0 Å². The van der Waals surface area contributed by atoms with E-state index in [9.17, 15) is 0 Å². The molecule has 0 heterocycles. The first-order chi connectivity index (χ1) is 8.15. The number of benzene rings is 2. The van der Waals surface area contributed by atoms with Crippen LogP contribution >= 0.6 is 15.9 Å². The molecular formula is C15H18BrN. The molecule has 0 aliphatic heterocycles. The number of hydrogen-bond acceptors (Lipinski definition) is 1. The van der Waals surface area contributed by atoms with Gasteiger partial charge < -0.3 is 5.32 Å². The van der Waals surface area contributed by atoms with Crippen LogP contribution in [0, 0.1) is 5.92 Å². The molecule has 0 aliphatic carbocycles. The van der Waals surface area contributed by atoms with Crippen LogP contribution in [0.15, 0.2) is 40.9 Å². The minimum atomic E-state index is 0.396. The smallest absolute Gasteiger partial charge is 0.0347 e. The molecule has 0 aliphatic rings. The van der Waals surface area contributed by atoms with E-state index in [4.69, 9.17) is 0 Å². The highest BCUT2D eigenvalue weighted by atomic mass is 79.9. The van der Waals surface area contributed by atoms with Gasteiger partial charge in [0.2, 0.25) is 0 Å². The summed E-state index contributed by atoms with van der Waals surface area (Å²) in [5.41, 5.74) is 1.38. The molecule has 1 unspecified atom stereocenters. The zero-order chi connectivity index (χ0) is 12.4. The van der Waals surface area contributed by atoms with Gasteiger partial charge in [-0.15, -0.1) is 0 Å². The molecule has 1 nitrogen and oxygen atoms in total. The first kappa shape index (κ1) is 12.6. The molecule has 1 N–H and O–H groups in total. The van der Waals surface area contributed by atoms with Crippen molar-refractivity contribution in [3.8, 4) is 0 Å². The Kier molecular flexibility index (Phi) is 3.85. The predicted octanol–water partition coefficient (Wildman–Crippen LogP) is 4.52. The van der Waals surface area contributed by atoms with Crippen LogP contribution < -0.4 is 5.32 Å². The Morgan fingerprint density at radius 2 is 1.65 bits per heavy atom. The van der Waals surface area contributed by atoms with E-state index < -0.39 is 0 Å². The summed E-state index contributed by atoms with van der Waals surface area (Å²) in [5.74, 6) is 0.574. The van der Waals surface area contributed by atoms with Crippen molar-refractivity contribution >= 4 is 26.7 Å². The van der Waals surface area contributed by atoms with E-state index in [2.05, 4.69) is 71.5 Å². The molecule has 90 valence electrons. The lowest BCUT2D eigenvalue weighted by atomic mass is 9.92. The van der Waals surface area contributed by atoms with Crippen LogP contribution in [-0.4, -0.2) is 7.05 Å². The summed E-state index contributed by atoms with van der Waals surface area (Å²) in [5, 5.41) is 6.03. The second kappa shape index (κ2) is 5.19. The van der Waals surface area contributed by atoms with Gasteiger partial charge in [0.05, 0.1) is 0 Å². The lowest BCUT2D eigenvalue weighted by Gasteiger charge is -2.22. The second-order valence-corrected chi connectivity index (χ2v) is 5.55. The molecule has 0 saturated carbocycles. The summed E-state index contributed by atoms with van der Waals surface area (Å²) in [6, 6.07) is 13.3. The summed E-state index contributed by atoms with van der Waals surface area (Å²) in [4.78, 5) is 0. The zero-order valence-electron chi connectivity index (χ0n) is 10.5. The minimum absolute atomic E-state index is 0.396. The number of fused-ring (bicyclic) bond motifs is 1. The first-order valence-electron chi connectivity index (χ1n) is 5.99. The van der Waals surface area contributed by atoms with Crippen molar-refractivity contribution in [2.75, 3.05) is 7.05 Å². The highest BCUT2D eigenvalue weighted by Gasteiger charge is 2.16. The monoisotopic (exact) mass is 291 g/mol. The lowest BCUT2D eigenvalue weighted by molar-refractivity contribution is 0.446. The molecule has 0 aromatic heterocycles. The third-order valence-electron chi connectivity index (χ3n) is 3.22. The summed E-state index contributed by atoms with van der Waals surface area (Å²) in [6.45, 7) is 4.50. The van der Waals surface area contributed by atoms with Crippen LogP contribution in [0.1, 0.15) is 25.5 Å². The molecule has 0 spiro atoms. The molecule has 0 fully saturated rings. The molecule has 2 aromatic carbocycles. The van der Waals surface area contributed by atoms with Gasteiger partial charge in [-0.25, -0.2) is 0 Å². The fraction of sp³-hybridized carbons (Fsp3) is 0.333. The molecule has 0 radical (unpaired) electrons.